The first-order valence-corrected chi connectivity index (χ1v) is 6.97. The summed E-state index contributed by atoms with van der Waals surface area (Å²) in [6.07, 6.45) is 4.48. The summed E-state index contributed by atoms with van der Waals surface area (Å²) in [6.45, 7) is 0. The van der Waals surface area contributed by atoms with E-state index in [0.717, 1.165) is 30.3 Å². The SMILES string of the molecule is N=Cn1cc(O[C@@H]2CCC(N)c3ccccc32)ccc1=N. The number of hydrogen-bond donors (Lipinski definition) is 3. The summed E-state index contributed by atoms with van der Waals surface area (Å²) in [5.74, 6) is 0.657. The van der Waals surface area contributed by atoms with E-state index in [1.54, 1.807) is 18.3 Å². The van der Waals surface area contributed by atoms with Crippen molar-refractivity contribution in [2.24, 2.45) is 5.73 Å². The van der Waals surface area contributed by atoms with Crippen LogP contribution in [0.3, 0.4) is 0 Å². The van der Waals surface area contributed by atoms with Gasteiger partial charge < -0.3 is 10.5 Å². The van der Waals surface area contributed by atoms with Crippen LogP contribution in [0.1, 0.15) is 36.1 Å². The van der Waals surface area contributed by atoms with Gasteiger partial charge in [-0.05, 0) is 36.1 Å². The van der Waals surface area contributed by atoms with Crippen LogP contribution >= 0.6 is 0 Å². The van der Waals surface area contributed by atoms with Crippen molar-refractivity contribution in [2.75, 3.05) is 0 Å². The Balaban J connectivity index is 1.91. The second-order valence-corrected chi connectivity index (χ2v) is 5.21. The van der Waals surface area contributed by atoms with E-state index in [2.05, 4.69) is 12.1 Å². The Labute approximate surface area is 123 Å². The van der Waals surface area contributed by atoms with E-state index in [9.17, 15) is 0 Å². The van der Waals surface area contributed by atoms with Crippen molar-refractivity contribution in [3.63, 3.8) is 0 Å². The second-order valence-electron chi connectivity index (χ2n) is 5.21. The van der Waals surface area contributed by atoms with Crippen LogP contribution < -0.4 is 16.0 Å². The zero-order valence-electron chi connectivity index (χ0n) is 11.6. The Morgan fingerprint density at radius 3 is 2.67 bits per heavy atom. The average Bonchev–Trinajstić information content (AvgIpc) is 2.52. The van der Waals surface area contributed by atoms with Crippen LogP contribution in [0.4, 0.5) is 0 Å². The summed E-state index contributed by atoms with van der Waals surface area (Å²) in [4.78, 5) is 0. The van der Waals surface area contributed by atoms with Crippen molar-refractivity contribution >= 4 is 6.34 Å². The lowest BCUT2D eigenvalue weighted by Crippen LogP contribution is -2.24. The predicted octanol–water partition coefficient (Wildman–Crippen LogP) is 2.34. The average molecular weight is 282 g/mol. The van der Waals surface area contributed by atoms with Crippen LogP contribution in [0.25, 0.3) is 0 Å². The van der Waals surface area contributed by atoms with Gasteiger partial charge in [0.1, 0.15) is 17.3 Å². The number of rotatable bonds is 3. The van der Waals surface area contributed by atoms with E-state index < -0.39 is 0 Å². The molecule has 1 aromatic carbocycles. The van der Waals surface area contributed by atoms with Crippen molar-refractivity contribution in [1.29, 1.82) is 10.8 Å². The molecular weight excluding hydrogens is 264 g/mol. The number of aromatic nitrogens is 1. The molecule has 108 valence electrons. The van der Waals surface area contributed by atoms with Gasteiger partial charge in [-0.15, -0.1) is 0 Å². The van der Waals surface area contributed by atoms with Gasteiger partial charge in [0, 0.05) is 6.04 Å². The molecule has 1 aliphatic rings. The molecule has 0 radical (unpaired) electrons. The topological polar surface area (TPSA) is 87.9 Å². The molecule has 0 saturated carbocycles. The molecule has 1 heterocycles. The Morgan fingerprint density at radius 2 is 1.90 bits per heavy atom. The first kappa shape index (κ1) is 13.6. The van der Waals surface area contributed by atoms with E-state index in [0.29, 0.717) is 5.75 Å². The van der Waals surface area contributed by atoms with E-state index in [4.69, 9.17) is 21.3 Å². The third-order valence-electron chi connectivity index (χ3n) is 3.85. The zero-order valence-corrected chi connectivity index (χ0v) is 11.6. The van der Waals surface area contributed by atoms with Crippen LogP contribution in [0.2, 0.25) is 0 Å². The van der Waals surface area contributed by atoms with Gasteiger partial charge in [-0.1, -0.05) is 24.3 Å². The van der Waals surface area contributed by atoms with Crippen LogP contribution in [0, 0.1) is 10.8 Å². The third kappa shape index (κ3) is 2.60. The van der Waals surface area contributed by atoms with Crippen LogP contribution in [-0.2, 0) is 0 Å². The fraction of sp³-hybridized carbons (Fsp3) is 0.250. The van der Waals surface area contributed by atoms with Crippen molar-refractivity contribution in [2.45, 2.75) is 25.0 Å². The molecule has 0 fully saturated rings. The molecule has 0 saturated heterocycles. The Kier molecular flexibility index (Phi) is 3.58. The number of benzene rings is 1. The molecule has 2 atom stereocenters. The Bertz CT molecular complexity index is 722. The first-order valence-electron chi connectivity index (χ1n) is 6.97. The minimum absolute atomic E-state index is 0.0308. The van der Waals surface area contributed by atoms with Gasteiger partial charge in [-0.3, -0.25) is 15.4 Å². The predicted molar refractivity (Wildman–Crippen MR) is 80.4 cm³/mol. The van der Waals surface area contributed by atoms with E-state index in [1.807, 2.05) is 12.1 Å². The maximum Gasteiger partial charge on any atom is 0.137 e. The lowest BCUT2D eigenvalue weighted by molar-refractivity contribution is 0.176. The molecule has 5 heteroatoms. The van der Waals surface area contributed by atoms with Crippen LogP contribution in [-0.4, -0.2) is 10.9 Å². The van der Waals surface area contributed by atoms with Gasteiger partial charge in [-0.2, -0.15) is 0 Å². The van der Waals surface area contributed by atoms with Gasteiger partial charge in [0.25, 0.3) is 0 Å². The fourth-order valence-electron chi connectivity index (χ4n) is 2.74. The fourth-order valence-corrected chi connectivity index (χ4v) is 2.74. The van der Waals surface area contributed by atoms with Crippen molar-refractivity contribution in [1.82, 2.24) is 4.57 Å². The summed E-state index contributed by atoms with van der Waals surface area (Å²) in [5, 5.41) is 15.0. The van der Waals surface area contributed by atoms with Gasteiger partial charge in [-0.25, -0.2) is 0 Å². The second kappa shape index (κ2) is 5.54. The van der Waals surface area contributed by atoms with Crippen LogP contribution in [0.5, 0.6) is 5.75 Å². The monoisotopic (exact) mass is 282 g/mol. The molecule has 21 heavy (non-hydrogen) atoms. The number of nitrogens with zero attached hydrogens (tertiary/aromatic N) is 1. The highest BCUT2D eigenvalue weighted by Crippen LogP contribution is 2.37. The van der Waals surface area contributed by atoms with Gasteiger partial charge in [0.05, 0.1) is 12.5 Å². The minimum Gasteiger partial charge on any atom is -0.484 e. The standard InChI is InChI=1S/C16H18N4O/c17-10-20-9-11(5-8-16(20)19)21-15-7-6-14(18)12-3-1-2-4-13(12)15/h1-5,8-10,14-15,17,19H,6-7,18H2/t14?,15-/m1/s1. The van der Waals surface area contributed by atoms with Gasteiger partial charge >= 0.3 is 0 Å². The molecule has 0 spiro atoms. The molecular formula is C16H18N4O. The Morgan fingerprint density at radius 1 is 1.14 bits per heavy atom. The maximum absolute atomic E-state index is 7.67. The summed E-state index contributed by atoms with van der Waals surface area (Å²) < 4.78 is 7.48. The number of ether oxygens (including phenoxy) is 1. The highest BCUT2D eigenvalue weighted by Gasteiger charge is 2.26. The lowest BCUT2D eigenvalue weighted by atomic mass is 9.86. The summed E-state index contributed by atoms with van der Waals surface area (Å²) in [7, 11) is 0. The molecule has 1 aliphatic carbocycles. The lowest BCUT2D eigenvalue weighted by Gasteiger charge is -2.30. The minimum atomic E-state index is -0.0308. The normalized spacial score (nSPS) is 20.6. The number of nitrogens with two attached hydrogens (primary N) is 1. The van der Waals surface area contributed by atoms with E-state index in [-0.39, 0.29) is 17.6 Å². The Hall–Kier alpha value is -2.40. The first-order chi connectivity index (χ1) is 10.2. The number of fused-ring (bicyclic) bond motifs is 1. The van der Waals surface area contributed by atoms with Crippen molar-refractivity contribution in [3.05, 3.63) is 59.2 Å². The van der Waals surface area contributed by atoms with E-state index in [1.165, 1.54) is 4.57 Å². The summed E-state index contributed by atoms with van der Waals surface area (Å²) in [6, 6.07) is 11.6. The summed E-state index contributed by atoms with van der Waals surface area (Å²) in [5.41, 5.74) is 8.68. The zero-order chi connectivity index (χ0) is 14.8. The van der Waals surface area contributed by atoms with Gasteiger partial charge in [0.2, 0.25) is 0 Å². The molecule has 2 aromatic rings. The highest BCUT2D eigenvalue weighted by molar-refractivity contribution is 5.54. The largest absolute Gasteiger partial charge is 0.484 e. The number of hydrogen-bond acceptors (Lipinski definition) is 4. The van der Waals surface area contributed by atoms with Crippen LogP contribution in [0.15, 0.2) is 42.6 Å². The molecule has 1 aromatic heterocycles. The van der Waals surface area contributed by atoms with Crippen molar-refractivity contribution in [3.8, 4) is 5.75 Å². The van der Waals surface area contributed by atoms with Crippen molar-refractivity contribution < 1.29 is 4.74 Å². The smallest absolute Gasteiger partial charge is 0.137 e. The van der Waals surface area contributed by atoms with Gasteiger partial charge in [0.15, 0.2) is 0 Å². The van der Waals surface area contributed by atoms with E-state index >= 15 is 0 Å². The molecule has 3 rings (SSSR count). The number of nitrogens with one attached hydrogen (secondary N) is 2. The molecule has 4 N–H and O–H groups in total. The molecule has 0 aliphatic heterocycles. The molecule has 0 bridgehead atoms. The molecule has 0 amide bonds. The molecule has 1 unspecified atom stereocenters. The summed E-state index contributed by atoms with van der Waals surface area (Å²) >= 11 is 0. The maximum atomic E-state index is 7.67. The molecule has 5 nitrogen and oxygen atoms in total. The highest BCUT2D eigenvalue weighted by atomic mass is 16.5. The quantitative estimate of drug-likeness (QED) is 0.596. The number of pyridine rings is 1. The third-order valence-corrected chi connectivity index (χ3v) is 3.85.